The van der Waals surface area contributed by atoms with E-state index in [4.69, 9.17) is 10.0 Å². The van der Waals surface area contributed by atoms with Crippen LogP contribution in [0, 0.1) is 11.8 Å². The fraction of sp³-hybridized carbons (Fsp3) is 0.556. The summed E-state index contributed by atoms with van der Waals surface area (Å²) < 4.78 is 0. The van der Waals surface area contributed by atoms with Crippen molar-refractivity contribution in [2.24, 2.45) is 11.8 Å². The highest BCUT2D eigenvalue weighted by atomic mass is 16.4. The molecule has 142 valence electrons. The molecule has 1 aliphatic heterocycles. The monoisotopic (exact) mass is 362 g/mol. The van der Waals surface area contributed by atoms with Gasteiger partial charge < -0.3 is 25.4 Å². The van der Waals surface area contributed by atoms with E-state index in [1.54, 1.807) is 11.9 Å². The molecule has 0 bridgehead atoms. The Kier molecular flexibility index (Phi) is 7.62. The minimum atomic E-state index is -1.38. The number of aliphatic carboxylic acids is 1. The Labute approximate surface area is 154 Å². The van der Waals surface area contributed by atoms with Crippen LogP contribution in [0.2, 0.25) is 6.32 Å². The van der Waals surface area contributed by atoms with Gasteiger partial charge in [-0.3, -0.25) is 9.59 Å². The molecule has 1 heterocycles. The molecular weight excluding hydrogens is 335 g/mol. The number of carboxylic acid groups (broad SMARTS) is 1. The molecule has 1 fully saturated rings. The van der Waals surface area contributed by atoms with Crippen LogP contribution in [-0.2, 0) is 16.0 Å². The van der Waals surface area contributed by atoms with Crippen LogP contribution in [0.5, 0.6) is 0 Å². The molecule has 0 radical (unpaired) electrons. The number of carbonyl (C=O) groups is 2. The molecular formula is C18H27BN2O5. The van der Waals surface area contributed by atoms with Crippen molar-refractivity contribution < 1.29 is 24.7 Å². The van der Waals surface area contributed by atoms with Crippen molar-refractivity contribution in [3.63, 3.8) is 0 Å². The van der Waals surface area contributed by atoms with Crippen molar-refractivity contribution in [3.05, 3.63) is 35.9 Å². The Morgan fingerprint density at radius 2 is 1.96 bits per heavy atom. The Morgan fingerprint density at radius 3 is 2.54 bits per heavy atom. The van der Waals surface area contributed by atoms with Crippen LogP contribution in [-0.4, -0.2) is 65.2 Å². The van der Waals surface area contributed by atoms with Gasteiger partial charge >= 0.3 is 13.1 Å². The van der Waals surface area contributed by atoms with E-state index < -0.39 is 25.0 Å². The van der Waals surface area contributed by atoms with Crippen LogP contribution in [0.15, 0.2) is 30.3 Å². The second kappa shape index (κ2) is 9.71. The minimum absolute atomic E-state index is 0.0905. The summed E-state index contributed by atoms with van der Waals surface area (Å²) in [5.74, 6) is -1.76. The van der Waals surface area contributed by atoms with Crippen molar-refractivity contribution in [2.75, 3.05) is 20.1 Å². The van der Waals surface area contributed by atoms with Crippen molar-refractivity contribution in [1.29, 1.82) is 0 Å². The number of hydrogen-bond donors (Lipinski definition) is 4. The molecule has 26 heavy (non-hydrogen) atoms. The third kappa shape index (κ3) is 5.55. The number of amides is 1. The number of carbonyl (C=O) groups excluding carboxylic acids is 1. The molecule has 1 aliphatic rings. The molecule has 2 rings (SSSR count). The highest BCUT2D eigenvalue weighted by molar-refractivity contribution is 6.40. The first-order valence-corrected chi connectivity index (χ1v) is 9.01. The van der Waals surface area contributed by atoms with Crippen LogP contribution in [0.1, 0.15) is 18.4 Å². The number of likely N-dealkylation sites (N-methyl/N-ethyl adjacent to an activating group) is 1. The Morgan fingerprint density at radius 1 is 1.27 bits per heavy atom. The lowest BCUT2D eigenvalue weighted by atomic mass is 9.80. The number of nitrogens with one attached hydrogen (secondary N) is 1. The van der Waals surface area contributed by atoms with E-state index in [9.17, 15) is 14.7 Å². The average molecular weight is 362 g/mol. The maximum atomic E-state index is 12.9. The largest absolute Gasteiger partial charge is 0.481 e. The molecule has 0 spiro atoms. The number of hydrogen-bond acceptors (Lipinski definition) is 5. The lowest BCUT2D eigenvalue weighted by Crippen LogP contribution is -2.46. The van der Waals surface area contributed by atoms with Gasteiger partial charge in [-0.2, -0.15) is 0 Å². The summed E-state index contributed by atoms with van der Waals surface area (Å²) in [7, 11) is 0.355. The zero-order chi connectivity index (χ0) is 19.1. The van der Waals surface area contributed by atoms with Gasteiger partial charge in [0.2, 0.25) is 5.91 Å². The maximum Gasteiger partial charge on any atom is 0.451 e. The first kappa shape index (κ1) is 20.4. The van der Waals surface area contributed by atoms with E-state index in [1.165, 1.54) is 0 Å². The summed E-state index contributed by atoms with van der Waals surface area (Å²) in [5, 5.41) is 30.4. The van der Waals surface area contributed by atoms with Crippen molar-refractivity contribution in [1.82, 2.24) is 10.2 Å². The lowest BCUT2D eigenvalue weighted by Gasteiger charge is -2.23. The van der Waals surface area contributed by atoms with E-state index >= 15 is 0 Å². The van der Waals surface area contributed by atoms with E-state index in [1.807, 2.05) is 30.3 Å². The van der Waals surface area contributed by atoms with Gasteiger partial charge in [-0.25, -0.2) is 0 Å². The molecule has 0 aliphatic carbocycles. The van der Waals surface area contributed by atoms with Gasteiger partial charge in [0, 0.05) is 13.1 Å². The van der Waals surface area contributed by atoms with Gasteiger partial charge in [-0.15, -0.1) is 0 Å². The third-order valence-electron chi connectivity index (χ3n) is 5.04. The predicted octanol–water partition coefficient (Wildman–Crippen LogP) is 0.229. The summed E-state index contributed by atoms with van der Waals surface area (Å²) in [6.07, 6.45) is 1.84. The van der Waals surface area contributed by atoms with Crippen molar-refractivity contribution in [3.8, 4) is 0 Å². The summed E-state index contributed by atoms with van der Waals surface area (Å²) in [6, 6.07) is 9.30. The zero-order valence-electron chi connectivity index (χ0n) is 15.0. The van der Waals surface area contributed by atoms with E-state index in [0.717, 1.165) is 5.56 Å². The van der Waals surface area contributed by atoms with Gasteiger partial charge in [0.05, 0.1) is 12.0 Å². The van der Waals surface area contributed by atoms with Crippen LogP contribution < -0.4 is 5.32 Å². The number of carboxylic acids is 1. The van der Waals surface area contributed by atoms with Crippen LogP contribution in [0.4, 0.5) is 0 Å². The number of likely N-dealkylation sites (tertiary alicyclic amines) is 1. The normalized spacial score (nSPS) is 20.8. The lowest BCUT2D eigenvalue weighted by molar-refractivity contribution is -0.142. The second-order valence-corrected chi connectivity index (χ2v) is 6.89. The number of benzene rings is 1. The Bertz CT molecular complexity index is 599. The van der Waals surface area contributed by atoms with Crippen molar-refractivity contribution in [2.45, 2.75) is 31.6 Å². The average Bonchev–Trinajstić information content (AvgIpc) is 3.04. The topological polar surface area (TPSA) is 110 Å². The molecule has 4 N–H and O–H groups in total. The zero-order valence-corrected chi connectivity index (χ0v) is 15.0. The molecule has 1 amide bonds. The van der Waals surface area contributed by atoms with Crippen LogP contribution >= 0.6 is 0 Å². The summed E-state index contributed by atoms with van der Waals surface area (Å²) in [6.45, 7) is 0.595. The highest BCUT2D eigenvalue weighted by Crippen LogP contribution is 2.29. The minimum Gasteiger partial charge on any atom is -0.481 e. The van der Waals surface area contributed by atoms with Gasteiger partial charge in [-0.1, -0.05) is 36.8 Å². The molecule has 8 heteroatoms. The fourth-order valence-electron chi connectivity index (χ4n) is 3.57. The fourth-order valence-corrected chi connectivity index (χ4v) is 3.57. The van der Waals surface area contributed by atoms with E-state index in [0.29, 0.717) is 25.8 Å². The van der Waals surface area contributed by atoms with Gasteiger partial charge in [0.15, 0.2) is 0 Å². The van der Waals surface area contributed by atoms with Crippen molar-refractivity contribution >= 4 is 19.0 Å². The second-order valence-electron chi connectivity index (χ2n) is 6.89. The standard InChI is InChI=1S/C18H27BN2O5/c1-20-16(10-13-6-3-2-4-7-13)17(22)21-11-14(8-5-9-19(25)26)15(12-21)18(23)24/h2-4,6-7,14-16,20,25-26H,5,8-12H2,1H3,(H,23,24)/t14-,15?,16?/m0/s1. The van der Waals surface area contributed by atoms with Crippen LogP contribution in [0.3, 0.4) is 0 Å². The molecule has 1 aromatic carbocycles. The molecule has 2 unspecified atom stereocenters. The van der Waals surface area contributed by atoms with Gasteiger partial charge in [0.1, 0.15) is 0 Å². The van der Waals surface area contributed by atoms with Gasteiger partial charge in [0.25, 0.3) is 0 Å². The third-order valence-corrected chi connectivity index (χ3v) is 5.04. The quantitative estimate of drug-likeness (QED) is 0.468. The predicted molar refractivity (Wildman–Crippen MR) is 98.4 cm³/mol. The molecule has 0 saturated carbocycles. The summed E-state index contributed by atoms with van der Waals surface area (Å²) in [5.41, 5.74) is 1.04. The Hall–Kier alpha value is -1.90. The van der Waals surface area contributed by atoms with E-state index in [2.05, 4.69) is 5.32 Å². The smallest absolute Gasteiger partial charge is 0.451 e. The highest BCUT2D eigenvalue weighted by Gasteiger charge is 2.40. The number of rotatable bonds is 9. The maximum absolute atomic E-state index is 12.9. The summed E-state index contributed by atoms with van der Waals surface area (Å²) in [4.78, 5) is 26.1. The van der Waals surface area contributed by atoms with Crippen LogP contribution in [0.25, 0.3) is 0 Å². The molecule has 3 atom stereocenters. The molecule has 0 aromatic heterocycles. The van der Waals surface area contributed by atoms with E-state index in [-0.39, 0.29) is 24.7 Å². The molecule has 1 saturated heterocycles. The van der Waals surface area contributed by atoms with Gasteiger partial charge in [-0.05, 0) is 37.7 Å². The molecule has 1 aromatic rings. The number of nitrogens with zero attached hydrogens (tertiary/aromatic N) is 1. The Balaban J connectivity index is 1.99. The SMILES string of the molecule is CNC(Cc1ccccc1)C(=O)N1CC(C(=O)O)[C@@H](CCCB(O)O)C1. The summed E-state index contributed by atoms with van der Waals surface area (Å²) >= 11 is 0. The first-order chi connectivity index (χ1) is 12.4. The molecule has 7 nitrogen and oxygen atoms in total. The first-order valence-electron chi connectivity index (χ1n) is 9.01.